The highest BCUT2D eigenvalue weighted by atomic mass is 16.5. The number of aromatic nitrogens is 1. The number of benzene rings is 1. The zero-order valence-electron chi connectivity index (χ0n) is 14.3. The Hall–Kier alpha value is -2.18. The summed E-state index contributed by atoms with van der Waals surface area (Å²) in [4.78, 5) is 12.4. The van der Waals surface area contributed by atoms with E-state index in [1.807, 2.05) is 25.1 Å². The molecule has 1 aromatic heterocycles. The van der Waals surface area contributed by atoms with Crippen LogP contribution >= 0.6 is 0 Å². The summed E-state index contributed by atoms with van der Waals surface area (Å²) in [5.74, 6) is 0.689. The van der Waals surface area contributed by atoms with E-state index in [1.54, 1.807) is 6.07 Å². The summed E-state index contributed by atoms with van der Waals surface area (Å²) >= 11 is 0. The topological polar surface area (TPSA) is 76.4 Å². The van der Waals surface area contributed by atoms with Crippen molar-refractivity contribution in [3.63, 3.8) is 0 Å². The molecule has 2 fully saturated rings. The number of hydrogen-bond donors (Lipinski definition) is 2. The maximum Gasteiger partial charge on any atom is 0.258 e. The number of nitrogens with zero attached hydrogens (tertiary/aromatic N) is 1. The van der Waals surface area contributed by atoms with Gasteiger partial charge in [-0.05, 0) is 43.9 Å². The Labute approximate surface area is 146 Å². The lowest BCUT2D eigenvalue weighted by Crippen LogP contribution is -2.36. The smallest absolute Gasteiger partial charge is 0.258 e. The van der Waals surface area contributed by atoms with E-state index in [0.29, 0.717) is 29.4 Å². The zero-order chi connectivity index (χ0) is 17.2. The monoisotopic (exact) mass is 341 g/mol. The molecule has 0 radical (unpaired) electrons. The molecule has 2 aromatic rings. The molecule has 4 rings (SSSR count). The minimum absolute atomic E-state index is 0.174. The number of rotatable bonds is 5. The summed E-state index contributed by atoms with van der Waals surface area (Å²) in [6, 6.07) is 10.6. The van der Waals surface area contributed by atoms with Crippen LogP contribution in [0.1, 0.15) is 46.8 Å². The number of amides is 1. The number of anilines is 1. The van der Waals surface area contributed by atoms with Crippen molar-refractivity contribution < 1.29 is 14.1 Å². The predicted octanol–water partition coefficient (Wildman–Crippen LogP) is 2.86. The second-order valence-corrected chi connectivity index (χ2v) is 6.91. The first kappa shape index (κ1) is 16.3. The lowest BCUT2D eigenvalue weighted by Gasteiger charge is -2.23. The Morgan fingerprint density at radius 3 is 2.84 bits per heavy atom. The van der Waals surface area contributed by atoms with Gasteiger partial charge in [0.05, 0.1) is 5.69 Å². The van der Waals surface area contributed by atoms with E-state index < -0.39 is 0 Å². The third kappa shape index (κ3) is 3.91. The molecule has 2 N–H and O–H groups in total. The van der Waals surface area contributed by atoms with Gasteiger partial charge in [0, 0.05) is 42.8 Å². The van der Waals surface area contributed by atoms with E-state index in [0.717, 1.165) is 38.2 Å². The lowest BCUT2D eigenvalue weighted by atomic mass is 10.1. The fourth-order valence-electron chi connectivity index (χ4n) is 3.43. The largest absolute Gasteiger partial charge is 0.381 e. The molecule has 1 amide bonds. The second-order valence-electron chi connectivity index (χ2n) is 6.91. The van der Waals surface area contributed by atoms with Crippen LogP contribution in [-0.2, 0) is 4.74 Å². The Balaban J connectivity index is 1.37. The fourth-order valence-corrected chi connectivity index (χ4v) is 3.43. The third-order valence-electron chi connectivity index (χ3n) is 4.90. The van der Waals surface area contributed by atoms with Gasteiger partial charge >= 0.3 is 0 Å². The molecular weight excluding hydrogens is 318 g/mol. The maximum absolute atomic E-state index is 12.4. The molecule has 2 aliphatic rings. The van der Waals surface area contributed by atoms with Crippen molar-refractivity contribution in [2.45, 2.75) is 44.2 Å². The van der Waals surface area contributed by atoms with Crippen molar-refractivity contribution in [3.8, 4) is 0 Å². The van der Waals surface area contributed by atoms with Gasteiger partial charge in [0.15, 0.2) is 0 Å². The highest BCUT2D eigenvalue weighted by Crippen LogP contribution is 2.41. The van der Waals surface area contributed by atoms with Gasteiger partial charge < -0.3 is 14.6 Å². The minimum Gasteiger partial charge on any atom is -0.381 e. The third-order valence-corrected chi connectivity index (χ3v) is 4.90. The van der Waals surface area contributed by atoms with Crippen molar-refractivity contribution in [2.24, 2.45) is 0 Å². The number of carbonyl (C=O) groups is 1. The molecule has 0 spiro atoms. The van der Waals surface area contributed by atoms with E-state index in [4.69, 9.17) is 9.26 Å². The number of ether oxygens (including phenoxy) is 1. The Kier molecular flexibility index (Phi) is 4.55. The average Bonchev–Trinajstić information content (AvgIpc) is 3.28. The van der Waals surface area contributed by atoms with Crippen LogP contribution in [0.2, 0.25) is 0 Å². The first-order chi connectivity index (χ1) is 12.2. The molecule has 6 nitrogen and oxygen atoms in total. The van der Waals surface area contributed by atoms with E-state index in [2.05, 4.69) is 21.9 Å². The summed E-state index contributed by atoms with van der Waals surface area (Å²) in [6.07, 6.45) is 3.30. The summed E-state index contributed by atoms with van der Waals surface area (Å²) in [7, 11) is 0. The Morgan fingerprint density at radius 1 is 1.24 bits per heavy atom. The highest BCUT2D eigenvalue weighted by molar-refractivity contribution is 6.03. The van der Waals surface area contributed by atoms with Crippen LogP contribution in [0.25, 0.3) is 0 Å². The van der Waals surface area contributed by atoms with Crippen molar-refractivity contribution in [1.82, 2.24) is 10.5 Å². The average molecular weight is 341 g/mol. The molecule has 132 valence electrons. The molecule has 25 heavy (non-hydrogen) atoms. The van der Waals surface area contributed by atoms with Crippen molar-refractivity contribution >= 4 is 11.8 Å². The normalized spacial score (nSPS) is 23.4. The van der Waals surface area contributed by atoms with Crippen molar-refractivity contribution in [2.75, 3.05) is 18.5 Å². The number of carbonyl (C=O) groups excluding carboxylic acids is 1. The number of aryl methyl sites for hydroxylation is 1. The van der Waals surface area contributed by atoms with Crippen LogP contribution < -0.4 is 10.6 Å². The van der Waals surface area contributed by atoms with Gasteiger partial charge in [0.25, 0.3) is 5.91 Å². The van der Waals surface area contributed by atoms with E-state index in [9.17, 15) is 4.79 Å². The van der Waals surface area contributed by atoms with Crippen LogP contribution in [0, 0.1) is 6.92 Å². The summed E-state index contributed by atoms with van der Waals surface area (Å²) in [6.45, 7) is 3.52. The first-order valence-corrected chi connectivity index (χ1v) is 8.87. The van der Waals surface area contributed by atoms with Gasteiger partial charge in [-0.15, -0.1) is 0 Å². The van der Waals surface area contributed by atoms with Crippen LogP contribution in [0.3, 0.4) is 0 Å². The summed E-state index contributed by atoms with van der Waals surface area (Å²) in [5, 5.41) is 10.3. The molecule has 1 aromatic carbocycles. The predicted molar refractivity (Wildman–Crippen MR) is 93.8 cm³/mol. The molecular formula is C19H23N3O3. The molecule has 1 aliphatic heterocycles. The molecule has 2 heterocycles. The van der Waals surface area contributed by atoms with Crippen molar-refractivity contribution in [1.29, 1.82) is 0 Å². The SMILES string of the molecule is Cc1cc(NC(=O)c2cccc(C3C[C@H]3NC3CCOCC3)c2)on1. The Morgan fingerprint density at radius 2 is 2.08 bits per heavy atom. The quantitative estimate of drug-likeness (QED) is 0.874. The van der Waals surface area contributed by atoms with Crippen LogP contribution in [0.4, 0.5) is 5.88 Å². The van der Waals surface area contributed by atoms with E-state index >= 15 is 0 Å². The molecule has 1 aliphatic carbocycles. The first-order valence-electron chi connectivity index (χ1n) is 8.87. The molecule has 1 unspecified atom stereocenters. The minimum atomic E-state index is -0.174. The number of hydrogen-bond acceptors (Lipinski definition) is 5. The molecule has 1 saturated carbocycles. The second kappa shape index (κ2) is 6.98. The van der Waals surface area contributed by atoms with E-state index in [1.165, 1.54) is 5.56 Å². The zero-order valence-corrected chi connectivity index (χ0v) is 14.3. The highest BCUT2D eigenvalue weighted by Gasteiger charge is 2.39. The number of nitrogens with one attached hydrogen (secondary N) is 2. The molecule has 1 saturated heterocycles. The van der Waals surface area contributed by atoms with Crippen molar-refractivity contribution in [3.05, 3.63) is 47.2 Å². The Bertz CT molecular complexity index is 752. The van der Waals surface area contributed by atoms with E-state index in [-0.39, 0.29) is 5.91 Å². The van der Waals surface area contributed by atoms with Gasteiger partial charge in [-0.2, -0.15) is 0 Å². The van der Waals surface area contributed by atoms with Gasteiger partial charge in [0.1, 0.15) is 0 Å². The van der Waals surface area contributed by atoms with Gasteiger partial charge in [-0.3, -0.25) is 10.1 Å². The molecule has 2 atom stereocenters. The van der Waals surface area contributed by atoms with Crippen LogP contribution in [0.5, 0.6) is 0 Å². The molecule has 0 bridgehead atoms. The molecule has 6 heteroatoms. The standard InChI is InChI=1S/C19H23N3O3/c1-12-9-18(25-22-12)21-19(23)14-4-2-3-13(10-14)16-11-17(16)20-15-5-7-24-8-6-15/h2-4,9-10,15-17,20H,5-8,11H2,1H3,(H,21,23)/t16?,17-/m1/s1. The van der Waals surface area contributed by atoms with Gasteiger partial charge in [0.2, 0.25) is 5.88 Å². The van der Waals surface area contributed by atoms with Gasteiger partial charge in [-0.1, -0.05) is 17.3 Å². The maximum atomic E-state index is 12.4. The van der Waals surface area contributed by atoms with Gasteiger partial charge in [-0.25, -0.2) is 0 Å². The summed E-state index contributed by atoms with van der Waals surface area (Å²) < 4.78 is 10.5. The summed E-state index contributed by atoms with van der Waals surface area (Å²) in [5.41, 5.74) is 2.60. The lowest BCUT2D eigenvalue weighted by molar-refractivity contribution is 0.0774. The van der Waals surface area contributed by atoms with Crippen LogP contribution in [-0.4, -0.2) is 36.4 Å². The van der Waals surface area contributed by atoms with Crippen LogP contribution in [0.15, 0.2) is 34.9 Å². The fraction of sp³-hybridized carbons (Fsp3) is 0.474.